The predicted octanol–water partition coefficient (Wildman–Crippen LogP) is 4.72. The van der Waals surface area contributed by atoms with E-state index in [1.165, 1.54) is 0 Å². The van der Waals surface area contributed by atoms with E-state index in [1.54, 1.807) is 0 Å². The Balaban J connectivity index is 2.38. The Hall–Kier alpha value is -2.31. The molecule has 0 bridgehead atoms. The third kappa shape index (κ3) is 4.34. The predicted molar refractivity (Wildman–Crippen MR) is 96.6 cm³/mol. The maximum absolute atomic E-state index is 9.24. The zero-order chi connectivity index (χ0) is 16.8. The summed E-state index contributed by atoms with van der Waals surface area (Å²) in [6.07, 6.45) is 2.48. The van der Waals surface area contributed by atoms with Crippen molar-refractivity contribution in [3.05, 3.63) is 63.7 Å². The van der Waals surface area contributed by atoms with E-state index < -0.39 is 0 Å². The fourth-order valence-corrected chi connectivity index (χ4v) is 2.50. The van der Waals surface area contributed by atoms with Crippen molar-refractivity contribution in [3.63, 3.8) is 0 Å². The number of rotatable bonds is 5. The average molecular weight is 326 g/mol. The largest absolute Gasteiger partial charge is 0.366 e. The van der Waals surface area contributed by atoms with Crippen molar-refractivity contribution < 1.29 is 0 Å². The number of aliphatic imine (C=N–C) groups is 1. The Labute approximate surface area is 142 Å². The van der Waals surface area contributed by atoms with E-state index in [9.17, 15) is 5.26 Å². The van der Waals surface area contributed by atoms with Gasteiger partial charge >= 0.3 is 0 Å². The molecule has 0 aromatic heterocycles. The second-order valence-corrected chi connectivity index (χ2v) is 5.91. The van der Waals surface area contributed by atoms with Gasteiger partial charge in [-0.1, -0.05) is 29.8 Å². The van der Waals surface area contributed by atoms with Gasteiger partial charge in [-0.05, 0) is 55.2 Å². The summed E-state index contributed by atoms with van der Waals surface area (Å²) < 4.78 is 0. The number of hydrogen-bond donors (Lipinski definition) is 0. The number of nitrogens with zero attached hydrogens (tertiary/aromatic N) is 3. The molecule has 0 fully saturated rings. The summed E-state index contributed by atoms with van der Waals surface area (Å²) in [6.45, 7) is 5.01. The van der Waals surface area contributed by atoms with Crippen LogP contribution in [0.3, 0.4) is 0 Å². The van der Waals surface area contributed by atoms with Crippen molar-refractivity contribution in [1.82, 2.24) is 4.90 Å². The molecular weight excluding hydrogens is 306 g/mol. The second kappa shape index (κ2) is 7.80. The van der Waals surface area contributed by atoms with Crippen LogP contribution in [-0.4, -0.2) is 24.8 Å². The number of benzene rings is 2. The molecule has 0 spiro atoms. The van der Waals surface area contributed by atoms with E-state index in [4.69, 9.17) is 11.6 Å². The summed E-state index contributed by atoms with van der Waals surface area (Å²) in [7, 11) is 1.98. The monoisotopic (exact) mass is 325 g/mol. The number of hydrogen-bond acceptors (Lipinski definition) is 2. The molecule has 2 rings (SSSR count). The third-order valence-electron chi connectivity index (χ3n) is 3.86. The van der Waals surface area contributed by atoms with E-state index in [2.05, 4.69) is 18.0 Å². The Morgan fingerprint density at radius 2 is 2.00 bits per heavy atom. The van der Waals surface area contributed by atoms with Gasteiger partial charge in [0.05, 0.1) is 23.7 Å². The van der Waals surface area contributed by atoms with Crippen LogP contribution in [0.2, 0.25) is 5.02 Å². The van der Waals surface area contributed by atoms with Gasteiger partial charge in [-0.25, -0.2) is 4.99 Å². The summed E-state index contributed by atoms with van der Waals surface area (Å²) in [5, 5.41) is 9.90. The lowest BCUT2D eigenvalue weighted by Crippen LogP contribution is -2.14. The summed E-state index contributed by atoms with van der Waals surface area (Å²) in [4.78, 5) is 6.54. The average Bonchev–Trinajstić information content (AvgIpc) is 2.56. The van der Waals surface area contributed by atoms with Crippen molar-refractivity contribution in [3.8, 4) is 6.07 Å². The molecular formula is C19H20ClN3. The number of halogens is 1. The Bertz CT molecular complexity index is 760. The smallest absolute Gasteiger partial charge is 0.0994 e. The van der Waals surface area contributed by atoms with Gasteiger partial charge < -0.3 is 4.90 Å². The summed E-state index contributed by atoms with van der Waals surface area (Å²) in [5.41, 5.74) is 4.74. The summed E-state index contributed by atoms with van der Waals surface area (Å²) in [6, 6.07) is 13.7. The molecule has 2 aromatic rings. The van der Waals surface area contributed by atoms with Gasteiger partial charge in [0.15, 0.2) is 0 Å². The highest BCUT2D eigenvalue weighted by molar-refractivity contribution is 6.31. The first-order valence-corrected chi connectivity index (χ1v) is 7.94. The molecule has 0 aliphatic carbocycles. The van der Waals surface area contributed by atoms with Gasteiger partial charge in [0.1, 0.15) is 0 Å². The molecule has 118 valence electrons. The summed E-state index contributed by atoms with van der Waals surface area (Å²) >= 11 is 6.26. The quantitative estimate of drug-likeness (QED) is 0.589. The van der Waals surface area contributed by atoms with Crippen LogP contribution >= 0.6 is 11.6 Å². The fraction of sp³-hybridized carbons (Fsp3) is 0.263. The molecule has 23 heavy (non-hydrogen) atoms. The molecule has 0 atom stereocenters. The lowest BCUT2D eigenvalue weighted by molar-refractivity contribution is 0.552. The molecule has 0 unspecified atom stereocenters. The van der Waals surface area contributed by atoms with Crippen LogP contribution in [0.5, 0.6) is 0 Å². The highest BCUT2D eigenvalue weighted by Gasteiger charge is 2.09. The number of nitriles is 1. The Kier molecular flexibility index (Phi) is 5.78. The molecule has 0 radical (unpaired) electrons. The van der Waals surface area contributed by atoms with E-state index in [0.717, 1.165) is 28.9 Å². The van der Waals surface area contributed by atoms with Crippen molar-refractivity contribution in [2.24, 2.45) is 4.99 Å². The molecule has 0 saturated heterocycles. The maximum Gasteiger partial charge on any atom is 0.0994 e. The molecule has 0 aliphatic heterocycles. The Morgan fingerprint density at radius 3 is 2.70 bits per heavy atom. The Morgan fingerprint density at radius 1 is 1.26 bits per heavy atom. The molecule has 0 heterocycles. The van der Waals surface area contributed by atoms with Gasteiger partial charge in [0, 0.05) is 18.6 Å². The van der Waals surface area contributed by atoms with E-state index >= 15 is 0 Å². The van der Waals surface area contributed by atoms with Crippen LogP contribution in [0.1, 0.15) is 29.2 Å². The van der Waals surface area contributed by atoms with Gasteiger partial charge in [-0.15, -0.1) is 0 Å². The van der Waals surface area contributed by atoms with E-state index in [-0.39, 0.29) is 0 Å². The zero-order valence-electron chi connectivity index (χ0n) is 13.7. The SMILES string of the molecule is CCN(C)C=Nc1cc(Cl)cc(Cc2ccccc2C#N)c1C. The standard InChI is InChI=1S/C19H20ClN3/c1-4-23(3)13-22-19-11-18(20)10-17(14(19)2)9-15-7-5-6-8-16(15)12-21/h5-8,10-11,13H,4,9H2,1-3H3. The molecule has 0 saturated carbocycles. The molecule has 3 nitrogen and oxygen atoms in total. The van der Waals surface area contributed by atoms with Gasteiger partial charge in [-0.2, -0.15) is 5.26 Å². The lowest BCUT2D eigenvalue weighted by Gasteiger charge is -2.12. The zero-order valence-corrected chi connectivity index (χ0v) is 14.4. The highest BCUT2D eigenvalue weighted by Crippen LogP contribution is 2.29. The first-order valence-electron chi connectivity index (χ1n) is 7.56. The maximum atomic E-state index is 9.24. The minimum atomic E-state index is 0.659. The third-order valence-corrected chi connectivity index (χ3v) is 4.08. The van der Waals surface area contributed by atoms with Crippen molar-refractivity contribution in [2.75, 3.05) is 13.6 Å². The van der Waals surface area contributed by atoms with Crippen molar-refractivity contribution >= 4 is 23.6 Å². The van der Waals surface area contributed by atoms with Crippen LogP contribution in [0.4, 0.5) is 5.69 Å². The van der Waals surface area contributed by atoms with Crippen LogP contribution < -0.4 is 0 Å². The minimum Gasteiger partial charge on any atom is -0.366 e. The van der Waals surface area contributed by atoms with Gasteiger partial charge in [0.2, 0.25) is 0 Å². The molecule has 4 heteroatoms. The van der Waals surface area contributed by atoms with E-state index in [0.29, 0.717) is 17.0 Å². The van der Waals surface area contributed by atoms with Crippen LogP contribution in [-0.2, 0) is 6.42 Å². The lowest BCUT2D eigenvalue weighted by atomic mass is 9.96. The molecule has 0 N–H and O–H groups in total. The van der Waals surface area contributed by atoms with Crippen molar-refractivity contribution in [2.45, 2.75) is 20.3 Å². The topological polar surface area (TPSA) is 39.4 Å². The normalized spacial score (nSPS) is 10.7. The first-order chi connectivity index (χ1) is 11.0. The fourth-order valence-electron chi connectivity index (χ4n) is 2.27. The summed E-state index contributed by atoms with van der Waals surface area (Å²) in [5.74, 6) is 0. The van der Waals surface area contributed by atoms with Gasteiger partial charge in [0.25, 0.3) is 0 Å². The second-order valence-electron chi connectivity index (χ2n) is 5.47. The molecule has 0 amide bonds. The van der Waals surface area contributed by atoms with E-state index in [1.807, 2.05) is 61.6 Å². The van der Waals surface area contributed by atoms with Gasteiger partial charge in [-0.3, -0.25) is 0 Å². The first kappa shape index (κ1) is 17.1. The molecule has 0 aliphatic rings. The van der Waals surface area contributed by atoms with Crippen LogP contribution in [0, 0.1) is 18.3 Å². The van der Waals surface area contributed by atoms with Crippen molar-refractivity contribution in [1.29, 1.82) is 5.26 Å². The molecule has 2 aromatic carbocycles. The minimum absolute atomic E-state index is 0.659. The van der Waals surface area contributed by atoms with Crippen LogP contribution in [0.15, 0.2) is 41.4 Å². The highest BCUT2D eigenvalue weighted by atomic mass is 35.5. The van der Waals surface area contributed by atoms with Crippen LogP contribution in [0.25, 0.3) is 0 Å².